The number of pyridine rings is 1. The first-order valence-electron chi connectivity index (χ1n) is 5.89. The van der Waals surface area contributed by atoms with Gasteiger partial charge in [0.25, 0.3) is 0 Å². The van der Waals surface area contributed by atoms with Crippen LogP contribution >= 0.6 is 0 Å². The van der Waals surface area contributed by atoms with Crippen LogP contribution in [0.2, 0.25) is 0 Å². The van der Waals surface area contributed by atoms with Crippen LogP contribution in [0.5, 0.6) is 0 Å². The number of aliphatic hydroxyl groups is 4. The summed E-state index contributed by atoms with van der Waals surface area (Å²) in [7, 11) is 0. The molecule has 1 fully saturated rings. The molecule has 1 aliphatic heterocycles. The number of amides is 1. The van der Waals surface area contributed by atoms with Crippen molar-refractivity contribution in [1.29, 1.82) is 0 Å². The minimum Gasteiger partial charge on any atom is -0.394 e. The van der Waals surface area contributed by atoms with Gasteiger partial charge in [0.05, 0.1) is 6.61 Å². The predicted octanol–water partition coefficient (Wildman–Crippen LogP) is -2.09. The molecule has 112 valence electrons. The Morgan fingerprint density at radius 1 is 1.40 bits per heavy atom. The Bertz CT molecular complexity index is 455. The van der Waals surface area contributed by atoms with Crippen LogP contribution in [-0.4, -0.2) is 62.5 Å². The van der Waals surface area contributed by atoms with Gasteiger partial charge < -0.3 is 30.9 Å². The summed E-state index contributed by atoms with van der Waals surface area (Å²) in [5, 5.41) is 35.0. The normalized spacial score (nSPS) is 28.6. The Balaban J connectivity index is 0.000000200. The van der Waals surface area contributed by atoms with Crippen molar-refractivity contribution in [2.75, 3.05) is 6.61 Å². The molecule has 0 aromatic carbocycles. The van der Waals surface area contributed by atoms with Gasteiger partial charge in [-0.1, -0.05) is 0 Å². The number of nitrogens with zero attached hydrogens (tertiary/aromatic N) is 1. The van der Waals surface area contributed by atoms with Crippen LogP contribution in [0.1, 0.15) is 15.9 Å². The van der Waals surface area contributed by atoms with E-state index in [4.69, 9.17) is 26.2 Å². The fourth-order valence-electron chi connectivity index (χ4n) is 1.63. The number of aryl methyl sites for hydroxylation is 1. The summed E-state index contributed by atoms with van der Waals surface area (Å²) in [5.74, 6) is -0.403. The van der Waals surface area contributed by atoms with E-state index in [1.54, 1.807) is 25.4 Å². The molecule has 1 unspecified atom stereocenters. The molecule has 1 aromatic rings. The number of hydrogen-bond acceptors (Lipinski definition) is 7. The molecule has 0 aliphatic carbocycles. The van der Waals surface area contributed by atoms with Crippen LogP contribution in [-0.2, 0) is 4.74 Å². The molecule has 2 heterocycles. The molecular weight excluding hydrogens is 268 g/mol. The number of aromatic nitrogens is 1. The van der Waals surface area contributed by atoms with Crippen LogP contribution in [0, 0.1) is 6.92 Å². The highest BCUT2D eigenvalue weighted by Gasteiger charge is 2.41. The van der Waals surface area contributed by atoms with Crippen LogP contribution in [0.4, 0.5) is 0 Å². The number of carbonyl (C=O) groups excluding carboxylic acids is 1. The molecule has 8 heteroatoms. The van der Waals surface area contributed by atoms with E-state index in [1.807, 2.05) is 0 Å². The van der Waals surface area contributed by atoms with Crippen molar-refractivity contribution in [2.45, 2.75) is 31.5 Å². The van der Waals surface area contributed by atoms with Crippen molar-refractivity contribution in [3.8, 4) is 0 Å². The van der Waals surface area contributed by atoms with Crippen LogP contribution in [0.3, 0.4) is 0 Å². The van der Waals surface area contributed by atoms with E-state index in [9.17, 15) is 4.79 Å². The van der Waals surface area contributed by atoms with Crippen molar-refractivity contribution < 1.29 is 30.0 Å². The molecule has 20 heavy (non-hydrogen) atoms. The lowest BCUT2D eigenvalue weighted by molar-refractivity contribution is -0.132. The lowest BCUT2D eigenvalue weighted by Gasteiger charge is -2.09. The molecule has 0 bridgehead atoms. The van der Waals surface area contributed by atoms with Gasteiger partial charge in [0.2, 0.25) is 5.91 Å². The Morgan fingerprint density at radius 2 is 2.05 bits per heavy atom. The second-order valence-electron chi connectivity index (χ2n) is 4.28. The number of rotatable bonds is 2. The van der Waals surface area contributed by atoms with Crippen molar-refractivity contribution >= 4 is 5.91 Å². The topological polar surface area (TPSA) is 146 Å². The van der Waals surface area contributed by atoms with E-state index in [2.05, 4.69) is 9.72 Å². The zero-order chi connectivity index (χ0) is 15.3. The average molecular weight is 286 g/mol. The maximum absolute atomic E-state index is 10.6. The van der Waals surface area contributed by atoms with Gasteiger partial charge in [0.15, 0.2) is 6.29 Å². The van der Waals surface area contributed by atoms with E-state index >= 15 is 0 Å². The Morgan fingerprint density at radius 3 is 2.35 bits per heavy atom. The standard InChI is InChI=1S/C7H8N2O.C5H10O5/c1-5-4-9-3-2-6(5)7(8)10;6-1-2-3(7)4(8)5(9)10-2/h2-4H,1H3,(H2,8,10);2-9H,1H2/t;2-,3-,4-,5?/m.1/s1. The van der Waals surface area contributed by atoms with E-state index in [-0.39, 0.29) is 0 Å². The number of hydrogen-bond donors (Lipinski definition) is 5. The third-order valence-electron chi connectivity index (χ3n) is 2.80. The molecule has 1 aliphatic rings. The summed E-state index contributed by atoms with van der Waals surface area (Å²) in [6.07, 6.45) is -1.60. The third kappa shape index (κ3) is 3.95. The highest BCUT2D eigenvalue weighted by Crippen LogP contribution is 2.18. The molecule has 0 spiro atoms. The summed E-state index contributed by atoms with van der Waals surface area (Å²) in [6, 6.07) is 1.61. The van der Waals surface area contributed by atoms with Gasteiger partial charge in [0, 0.05) is 18.0 Å². The van der Waals surface area contributed by atoms with Crippen LogP contribution in [0.25, 0.3) is 0 Å². The fraction of sp³-hybridized carbons (Fsp3) is 0.500. The van der Waals surface area contributed by atoms with Gasteiger partial charge in [0.1, 0.15) is 18.3 Å². The Kier molecular flexibility index (Phi) is 5.99. The highest BCUT2D eigenvalue weighted by molar-refractivity contribution is 5.93. The molecule has 1 amide bonds. The number of ether oxygens (including phenoxy) is 1. The molecule has 0 radical (unpaired) electrons. The fourth-order valence-corrected chi connectivity index (χ4v) is 1.63. The van der Waals surface area contributed by atoms with Gasteiger partial charge in [-0.2, -0.15) is 0 Å². The molecular formula is C12H18N2O6. The first kappa shape index (κ1) is 16.5. The average Bonchev–Trinajstić information content (AvgIpc) is 2.67. The van der Waals surface area contributed by atoms with Crippen LogP contribution < -0.4 is 5.73 Å². The number of nitrogens with two attached hydrogens (primary N) is 1. The highest BCUT2D eigenvalue weighted by atomic mass is 16.6. The lowest BCUT2D eigenvalue weighted by atomic mass is 10.1. The van der Waals surface area contributed by atoms with Gasteiger partial charge in [-0.25, -0.2) is 0 Å². The van der Waals surface area contributed by atoms with E-state index in [1.165, 1.54) is 0 Å². The van der Waals surface area contributed by atoms with E-state index < -0.39 is 37.1 Å². The van der Waals surface area contributed by atoms with Gasteiger partial charge in [-0.05, 0) is 18.6 Å². The minimum atomic E-state index is -1.38. The lowest BCUT2D eigenvalue weighted by Crippen LogP contribution is -2.33. The summed E-state index contributed by atoms with van der Waals surface area (Å²) >= 11 is 0. The van der Waals surface area contributed by atoms with Gasteiger partial charge in [-0.15, -0.1) is 0 Å². The Hall–Kier alpha value is -1.58. The van der Waals surface area contributed by atoms with E-state index in [0.29, 0.717) is 5.56 Å². The van der Waals surface area contributed by atoms with Crippen molar-refractivity contribution in [2.24, 2.45) is 5.73 Å². The Labute approximate surface area is 115 Å². The molecule has 1 aromatic heterocycles. The number of aliphatic hydroxyl groups excluding tert-OH is 4. The minimum absolute atomic E-state index is 0.403. The molecule has 4 atom stereocenters. The van der Waals surface area contributed by atoms with Gasteiger partial charge in [-0.3, -0.25) is 9.78 Å². The quantitative estimate of drug-likeness (QED) is 0.419. The first-order valence-corrected chi connectivity index (χ1v) is 5.89. The summed E-state index contributed by atoms with van der Waals surface area (Å²) in [5.41, 5.74) is 6.40. The SMILES string of the molecule is Cc1cnccc1C(N)=O.OC[C@H]1OC(O)[C@H](O)[C@@H]1O. The zero-order valence-electron chi connectivity index (χ0n) is 10.9. The molecule has 0 saturated carbocycles. The molecule has 8 nitrogen and oxygen atoms in total. The molecule has 6 N–H and O–H groups in total. The second-order valence-corrected chi connectivity index (χ2v) is 4.28. The predicted molar refractivity (Wildman–Crippen MR) is 67.5 cm³/mol. The summed E-state index contributed by atoms with van der Waals surface area (Å²) in [4.78, 5) is 14.4. The van der Waals surface area contributed by atoms with Crippen molar-refractivity contribution in [1.82, 2.24) is 4.98 Å². The van der Waals surface area contributed by atoms with Crippen molar-refractivity contribution in [3.05, 3.63) is 29.6 Å². The maximum atomic E-state index is 10.6. The molecule has 2 rings (SSSR count). The monoisotopic (exact) mass is 286 g/mol. The smallest absolute Gasteiger partial charge is 0.249 e. The first-order chi connectivity index (χ1) is 9.38. The van der Waals surface area contributed by atoms with Crippen molar-refractivity contribution in [3.63, 3.8) is 0 Å². The van der Waals surface area contributed by atoms with E-state index in [0.717, 1.165) is 5.56 Å². The zero-order valence-corrected chi connectivity index (χ0v) is 10.9. The molecule has 1 saturated heterocycles. The van der Waals surface area contributed by atoms with Crippen LogP contribution in [0.15, 0.2) is 18.5 Å². The summed E-state index contributed by atoms with van der Waals surface area (Å²) in [6.45, 7) is 1.39. The third-order valence-corrected chi connectivity index (χ3v) is 2.80. The summed E-state index contributed by atoms with van der Waals surface area (Å²) < 4.78 is 4.54. The largest absolute Gasteiger partial charge is 0.394 e. The van der Waals surface area contributed by atoms with Gasteiger partial charge >= 0.3 is 0 Å². The number of carbonyl (C=O) groups is 1. The second kappa shape index (κ2) is 7.27. The number of primary amides is 1. The maximum Gasteiger partial charge on any atom is 0.249 e.